The molecule has 4 saturated carbocycles. The smallest absolute Gasteiger partial charge is 0.410 e. The number of aromatic nitrogens is 6. The summed E-state index contributed by atoms with van der Waals surface area (Å²) in [6.07, 6.45) is 13.9. The zero-order chi connectivity index (χ0) is 50.7. The highest BCUT2D eigenvalue weighted by Gasteiger charge is 2.61. The van der Waals surface area contributed by atoms with Crippen molar-refractivity contribution in [3.05, 3.63) is 66.8 Å². The van der Waals surface area contributed by atoms with Crippen LogP contribution in [0.3, 0.4) is 0 Å². The molecule has 0 radical (unpaired) electrons. The Balaban J connectivity index is 0.000000169. The van der Waals surface area contributed by atoms with Gasteiger partial charge >= 0.3 is 28.0 Å². The minimum absolute atomic E-state index is 0.00386. The Morgan fingerprint density at radius 1 is 0.800 bits per heavy atom. The summed E-state index contributed by atoms with van der Waals surface area (Å²) in [6.45, 7) is 4.14. The number of fused-ring (bicyclic) bond motifs is 2. The Labute approximate surface area is 403 Å². The molecule has 18 nitrogen and oxygen atoms in total. The van der Waals surface area contributed by atoms with Crippen LogP contribution in [0.5, 0.6) is 0 Å². The van der Waals surface area contributed by atoms with Crippen LogP contribution in [0.25, 0.3) is 0 Å². The fourth-order valence-electron chi connectivity index (χ4n) is 11.1. The van der Waals surface area contributed by atoms with E-state index in [9.17, 15) is 44.3 Å². The number of aryl methyl sites for hydroxylation is 1. The standard InChI is InChI=1S/C21H29F3N4O3.C19H27FN4O3.C5H7F2N2O2S/c1-12-5-16(25-10-18(23)24)17(28(12)20(29)30-2)11-31-15-3-4-21(7-13(21)6-15)19-26-8-14(22)9-27-19;1-11-5-15(21)16(24(11)18(25)26-2)10-27-14-3-4-19(7-12(19)6-14)17-22-8-13(20)9-23-17;1-8-2-3-9(4-8)12(10,11)5(6)7/h8-9,12-13,15-18,25H,3-7,10-11H2,1-2H3;8-9,11-12,14-16H,3-7,10,21H2,1-2H3;2-5H,1H3/q;;+1/t12-,13-,15+,16+,17+,21-;11-,12-,14+,15+,16+,19-;/m11./s1. The fraction of sp³-hybridized carbons (Fsp3) is 0.711. The quantitative estimate of drug-likeness (QED) is 0.177. The molecule has 9 rings (SSSR count). The summed E-state index contributed by atoms with van der Waals surface area (Å²) < 4.78 is 121. The molecular formula is C45H63F6N10O8S+. The zero-order valence-electron chi connectivity index (χ0n) is 39.8. The van der Waals surface area contributed by atoms with Crippen molar-refractivity contribution in [2.24, 2.45) is 24.6 Å². The molecule has 6 fully saturated rings. The molecule has 3 N–H and O–H groups in total. The van der Waals surface area contributed by atoms with E-state index >= 15 is 0 Å². The number of methoxy groups -OCH3 is 2. The van der Waals surface area contributed by atoms with Crippen molar-refractivity contribution >= 4 is 22.2 Å². The number of alkyl halides is 4. The van der Waals surface area contributed by atoms with Crippen LogP contribution in [0, 0.1) is 23.5 Å². The van der Waals surface area contributed by atoms with Crippen LogP contribution in [-0.4, -0.2) is 149 Å². The number of carbonyl (C=O) groups is 2. The van der Waals surface area contributed by atoms with E-state index in [0.717, 1.165) is 76.1 Å². The number of hydrogen-bond acceptors (Lipinski definition) is 14. The van der Waals surface area contributed by atoms with Gasteiger partial charge < -0.3 is 30.0 Å². The maximum Gasteiger partial charge on any atom is 0.410 e. The summed E-state index contributed by atoms with van der Waals surface area (Å²) in [5, 5.41) is 2.88. The maximum atomic E-state index is 13.1. The van der Waals surface area contributed by atoms with Crippen LogP contribution in [0.1, 0.15) is 89.7 Å². The van der Waals surface area contributed by atoms with Gasteiger partial charge in [0.1, 0.15) is 24.0 Å². The van der Waals surface area contributed by atoms with E-state index in [0.29, 0.717) is 34.7 Å². The minimum Gasteiger partial charge on any atom is -0.453 e. The number of ether oxygens (including phenoxy) is 4. The molecular weight excluding hydrogens is 955 g/mol. The predicted octanol–water partition coefficient (Wildman–Crippen LogP) is 4.61. The first-order valence-electron chi connectivity index (χ1n) is 23.5. The van der Waals surface area contributed by atoms with Gasteiger partial charge in [-0.1, -0.05) is 0 Å². The van der Waals surface area contributed by atoms with E-state index in [1.165, 1.54) is 56.8 Å². The first-order chi connectivity index (χ1) is 33.2. The summed E-state index contributed by atoms with van der Waals surface area (Å²) in [7, 11) is -0.246. The van der Waals surface area contributed by atoms with E-state index in [1.54, 1.807) is 9.80 Å². The van der Waals surface area contributed by atoms with E-state index in [-0.39, 0.29) is 72.0 Å². The van der Waals surface area contributed by atoms with Gasteiger partial charge in [-0.05, 0) is 89.9 Å². The molecule has 3 aromatic heterocycles. The Kier molecular flexibility index (Phi) is 16.6. The summed E-state index contributed by atoms with van der Waals surface area (Å²) in [6, 6.07) is -0.977. The van der Waals surface area contributed by atoms with Crippen LogP contribution >= 0.6 is 0 Å². The Morgan fingerprint density at radius 3 is 1.70 bits per heavy atom. The number of rotatable bonds is 13. The number of nitrogens with zero attached hydrogens (tertiary/aromatic N) is 8. The van der Waals surface area contributed by atoms with Crippen molar-refractivity contribution in [1.82, 2.24) is 39.0 Å². The molecule has 4 aliphatic carbocycles. The van der Waals surface area contributed by atoms with Crippen molar-refractivity contribution in [3.63, 3.8) is 0 Å². The number of nitrogens with one attached hydrogen (secondary N) is 1. The normalized spacial score (nSPS) is 32.0. The van der Waals surface area contributed by atoms with Gasteiger partial charge in [0.25, 0.3) is 12.8 Å². The van der Waals surface area contributed by atoms with E-state index < -0.39 is 46.5 Å². The third-order valence-electron chi connectivity index (χ3n) is 14.9. The zero-order valence-corrected chi connectivity index (χ0v) is 40.6. The van der Waals surface area contributed by atoms with E-state index in [2.05, 4.69) is 25.3 Å². The lowest BCUT2D eigenvalue weighted by Crippen LogP contribution is -2.50. The highest BCUT2D eigenvalue weighted by atomic mass is 32.2. The monoisotopic (exact) mass is 1020 g/mol. The van der Waals surface area contributed by atoms with Crippen molar-refractivity contribution in [2.45, 2.75) is 150 Å². The molecule has 388 valence electrons. The molecule has 0 aromatic carbocycles. The molecule has 0 unspecified atom stereocenters. The highest BCUT2D eigenvalue weighted by molar-refractivity contribution is 7.90. The van der Waals surface area contributed by atoms with Crippen LogP contribution in [-0.2, 0) is 46.8 Å². The summed E-state index contributed by atoms with van der Waals surface area (Å²) >= 11 is 0. The van der Waals surface area contributed by atoms with Crippen molar-refractivity contribution < 1.29 is 67.9 Å². The molecule has 12 atom stereocenters. The summed E-state index contributed by atoms with van der Waals surface area (Å²) in [5.74, 6) is -1.89. The Hall–Kier alpha value is -4.72. The lowest BCUT2D eigenvalue weighted by atomic mass is 9.86. The molecule has 2 amide bonds. The number of carbonyl (C=O) groups excluding carboxylic acids is 2. The molecule has 25 heteroatoms. The second kappa shape index (κ2) is 22.0. The van der Waals surface area contributed by atoms with Crippen molar-refractivity contribution in [3.8, 4) is 0 Å². The third kappa shape index (κ3) is 11.6. The number of hydrogen-bond donors (Lipinski definition) is 2. The average molecular weight is 1020 g/mol. The molecule has 70 heavy (non-hydrogen) atoms. The van der Waals surface area contributed by atoms with Crippen LogP contribution in [0.2, 0.25) is 0 Å². The minimum atomic E-state index is -4.49. The SMILES string of the molecule is COC(=O)N1[C@H](C)C[C@H](N)[C@@H]1CO[C@H]1CC[C@@]2(c3ncc(F)cn3)C[C@H]2C1.COC(=O)N1[C@H](C)C[C@H](NCC(F)F)[C@@H]1CO[C@H]1CC[C@@]2(c3ncc(F)cn3)C[C@H]2C1.C[n+]1ccn(S(=O)(=O)C(F)F)c1. The van der Waals surface area contributed by atoms with Crippen molar-refractivity contribution in [2.75, 3.05) is 34.0 Å². The lowest BCUT2D eigenvalue weighted by Gasteiger charge is -2.32. The largest absolute Gasteiger partial charge is 0.453 e. The number of imidazole rings is 1. The van der Waals surface area contributed by atoms with Gasteiger partial charge in [-0.3, -0.25) is 9.80 Å². The second-order valence-electron chi connectivity index (χ2n) is 19.4. The topological polar surface area (TPSA) is 210 Å². The predicted molar refractivity (Wildman–Crippen MR) is 237 cm³/mol. The molecule has 5 heterocycles. The van der Waals surface area contributed by atoms with Gasteiger partial charge in [-0.2, -0.15) is 17.2 Å². The molecule has 0 bridgehead atoms. The molecule has 2 saturated heterocycles. The Bertz CT molecular complexity index is 2360. The number of halogens is 6. The number of amides is 2. The van der Waals surface area contributed by atoms with E-state index in [4.69, 9.17) is 24.7 Å². The Morgan fingerprint density at radius 2 is 1.27 bits per heavy atom. The average Bonchev–Trinajstić information content (AvgIpc) is 4.12. The van der Waals surface area contributed by atoms with Gasteiger partial charge in [0, 0.05) is 35.0 Å². The highest BCUT2D eigenvalue weighted by Crippen LogP contribution is 2.62. The maximum absolute atomic E-state index is 13.1. The summed E-state index contributed by atoms with van der Waals surface area (Å²) in [5.41, 5.74) is 6.17. The fourth-order valence-corrected chi connectivity index (χ4v) is 11.8. The summed E-state index contributed by atoms with van der Waals surface area (Å²) in [4.78, 5) is 44.4. The van der Waals surface area contributed by atoms with Crippen LogP contribution in [0.4, 0.5) is 35.9 Å². The molecule has 3 aromatic rings. The first-order valence-corrected chi connectivity index (χ1v) is 25.0. The van der Waals surface area contributed by atoms with Crippen LogP contribution in [0.15, 0.2) is 43.5 Å². The molecule has 6 aliphatic rings. The van der Waals surface area contributed by atoms with Gasteiger partial charge in [-0.25, -0.2) is 51.7 Å². The van der Waals surface area contributed by atoms with Gasteiger partial charge in [0.15, 0.2) is 11.6 Å². The lowest BCUT2D eigenvalue weighted by molar-refractivity contribution is -0.670. The molecule has 0 spiro atoms. The van der Waals surface area contributed by atoms with E-state index in [1.807, 2.05) is 13.8 Å². The van der Waals surface area contributed by atoms with Gasteiger partial charge in [0.2, 0.25) is 0 Å². The van der Waals surface area contributed by atoms with Crippen LogP contribution < -0.4 is 15.6 Å². The van der Waals surface area contributed by atoms with Gasteiger partial charge in [0.05, 0.1) is 90.1 Å². The second-order valence-corrected chi connectivity index (χ2v) is 21.2. The van der Waals surface area contributed by atoms with Gasteiger partial charge in [-0.15, -0.1) is 3.97 Å². The number of likely N-dealkylation sites (tertiary alicyclic amines) is 2. The molecule has 2 aliphatic heterocycles. The third-order valence-corrected chi connectivity index (χ3v) is 16.2. The first kappa shape index (κ1) is 53.1. The van der Waals surface area contributed by atoms with Crippen molar-refractivity contribution in [1.29, 1.82) is 0 Å². The number of nitrogens with two attached hydrogens (primary N) is 1.